The van der Waals surface area contributed by atoms with Crippen molar-refractivity contribution in [2.75, 3.05) is 26.2 Å². The zero-order valence-corrected chi connectivity index (χ0v) is 14.3. The molecule has 1 fully saturated rings. The lowest BCUT2D eigenvalue weighted by atomic mass is 9.92. The van der Waals surface area contributed by atoms with E-state index >= 15 is 0 Å². The van der Waals surface area contributed by atoms with E-state index in [1.54, 1.807) is 0 Å². The highest BCUT2D eigenvalue weighted by Crippen LogP contribution is 2.20. The first-order valence-electron chi connectivity index (χ1n) is 7.01. The van der Waals surface area contributed by atoms with E-state index < -0.39 is 0 Å². The van der Waals surface area contributed by atoms with Crippen LogP contribution in [0.1, 0.15) is 19.8 Å². The van der Waals surface area contributed by atoms with Gasteiger partial charge in [-0.25, -0.2) is 0 Å². The fourth-order valence-corrected chi connectivity index (χ4v) is 2.95. The third kappa shape index (κ3) is 5.60. The molecule has 1 aromatic carbocycles. The van der Waals surface area contributed by atoms with Crippen LogP contribution in [0, 0.1) is 5.92 Å². The maximum Gasteiger partial charge on any atom is 0.120 e. The van der Waals surface area contributed by atoms with Crippen molar-refractivity contribution in [1.82, 2.24) is 4.90 Å². The molecule has 1 aliphatic rings. The quantitative estimate of drug-likeness (QED) is 0.872. The summed E-state index contributed by atoms with van der Waals surface area (Å²) in [4.78, 5) is 2.47. The van der Waals surface area contributed by atoms with E-state index in [-0.39, 0.29) is 12.4 Å². The summed E-state index contributed by atoms with van der Waals surface area (Å²) >= 11 is 3.45. The van der Waals surface area contributed by atoms with Gasteiger partial charge in [-0.15, -0.1) is 12.4 Å². The number of halogens is 2. The standard InChI is InChI=1S/C15H23BrN2O.ClH/c1-12(17)13-4-3-7-18(11-13)8-9-19-15-6-2-5-14(16)10-15;/h2,5-6,10,12-13H,3-4,7-9,11,17H2,1H3;1H. The van der Waals surface area contributed by atoms with Crippen LogP contribution in [-0.4, -0.2) is 37.2 Å². The molecule has 1 aliphatic heterocycles. The Morgan fingerprint density at radius 2 is 2.30 bits per heavy atom. The van der Waals surface area contributed by atoms with Gasteiger partial charge in [0.25, 0.3) is 0 Å². The average molecular weight is 364 g/mol. The van der Waals surface area contributed by atoms with Gasteiger partial charge < -0.3 is 10.5 Å². The fourth-order valence-electron chi connectivity index (χ4n) is 2.57. The number of rotatable bonds is 5. The Morgan fingerprint density at radius 3 is 3.00 bits per heavy atom. The molecule has 20 heavy (non-hydrogen) atoms. The molecule has 2 atom stereocenters. The molecule has 0 radical (unpaired) electrons. The molecule has 2 rings (SSSR count). The predicted octanol–water partition coefficient (Wildman–Crippen LogP) is 3.31. The largest absolute Gasteiger partial charge is 0.492 e. The van der Waals surface area contributed by atoms with Gasteiger partial charge in [0, 0.05) is 23.6 Å². The molecular weight excluding hydrogens is 340 g/mol. The van der Waals surface area contributed by atoms with Crippen molar-refractivity contribution in [1.29, 1.82) is 0 Å². The van der Waals surface area contributed by atoms with Gasteiger partial charge in [0.1, 0.15) is 12.4 Å². The Labute approximate surface area is 136 Å². The van der Waals surface area contributed by atoms with Crippen LogP contribution in [0.2, 0.25) is 0 Å². The maximum absolute atomic E-state index is 6.00. The summed E-state index contributed by atoms with van der Waals surface area (Å²) in [5.74, 6) is 1.56. The summed E-state index contributed by atoms with van der Waals surface area (Å²) in [6, 6.07) is 8.29. The molecule has 0 saturated carbocycles. The molecule has 0 aliphatic carbocycles. The highest BCUT2D eigenvalue weighted by atomic mass is 79.9. The zero-order valence-electron chi connectivity index (χ0n) is 11.9. The maximum atomic E-state index is 6.00. The van der Waals surface area contributed by atoms with Crippen LogP contribution >= 0.6 is 28.3 Å². The second-order valence-corrected chi connectivity index (χ2v) is 6.28. The van der Waals surface area contributed by atoms with Crippen molar-refractivity contribution < 1.29 is 4.74 Å². The van der Waals surface area contributed by atoms with Gasteiger partial charge in [0.05, 0.1) is 0 Å². The van der Waals surface area contributed by atoms with Gasteiger partial charge in [-0.2, -0.15) is 0 Å². The van der Waals surface area contributed by atoms with Crippen LogP contribution in [0.15, 0.2) is 28.7 Å². The number of nitrogens with zero attached hydrogens (tertiary/aromatic N) is 1. The van der Waals surface area contributed by atoms with Crippen LogP contribution in [0.25, 0.3) is 0 Å². The number of likely N-dealkylation sites (tertiary alicyclic amines) is 1. The lowest BCUT2D eigenvalue weighted by Crippen LogP contribution is -2.43. The number of nitrogens with two attached hydrogens (primary N) is 1. The molecule has 3 nitrogen and oxygen atoms in total. The highest BCUT2D eigenvalue weighted by molar-refractivity contribution is 9.10. The minimum absolute atomic E-state index is 0. The van der Waals surface area contributed by atoms with Gasteiger partial charge in [0.15, 0.2) is 0 Å². The molecule has 5 heteroatoms. The van der Waals surface area contributed by atoms with Crippen molar-refractivity contribution in [3.63, 3.8) is 0 Å². The molecule has 0 amide bonds. The number of benzene rings is 1. The van der Waals surface area contributed by atoms with Crippen LogP contribution in [0.5, 0.6) is 5.75 Å². The van der Waals surface area contributed by atoms with Crippen molar-refractivity contribution in [3.05, 3.63) is 28.7 Å². The van der Waals surface area contributed by atoms with Crippen LogP contribution in [0.4, 0.5) is 0 Å². The van der Waals surface area contributed by atoms with Gasteiger partial charge in [-0.1, -0.05) is 22.0 Å². The number of hydrogen-bond donors (Lipinski definition) is 1. The van der Waals surface area contributed by atoms with Crippen molar-refractivity contribution >= 4 is 28.3 Å². The molecule has 2 N–H and O–H groups in total. The normalized spacial score (nSPS) is 21.1. The molecule has 1 heterocycles. The second-order valence-electron chi connectivity index (χ2n) is 5.37. The SMILES string of the molecule is CC(N)C1CCCN(CCOc2cccc(Br)c2)C1.Cl. The minimum Gasteiger partial charge on any atom is -0.492 e. The Morgan fingerprint density at radius 1 is 1.50 bits per heavy atom. The zero-order chi connectivity index (χ0) is 13.7. The monoisotopic (exact) mass is 362 g/mol. The van der Waals surface area contributed by atoms with E-state index in [2.05, 4.69) is 27.8 Å². The number of piperidine rings is 1. The van der Waals surface area contributed by atoms with Gasteiger partial charge in [-0.3, -0.25) is 4.90 Å². The third-order valence-corrected chi connectivity index (χ3v) is 4.25. The van der Waals surface area contributed by atoms with E-state index in [4.69, 9.17) is 10.5 Å². The first kappa shape index (κ1) is 17.8. The lowest BCUT2D eigenvalue weighted by molar-refractivity contribution is 0.137. The molecule has 0 spiro atoms. The van der Waals surface area contributed by atoms with Gasteiger partial charge in [0.2, 0.25) is 0 Å². The van der Waals surface area contributed by atoms with E-state index in [1.165, 1.54) is 19.4 Å². The smallest absolute Gasteiger partial charge is 0.120 e. The summed E-state index contributed by atoms with van der Waals surface area (Å²) in [6.07, 6.45) is 2.52. The van der Waals surface area contributed by atoms with E-state index in [0.717, 1.165) is 29.9 Å². The van der Waals surface area contributed by atoms with Crippen molar-refractivity contribution in [3.8, 4) is 5.75 Å². The summed E-state index contributed by atoms with van der Waals surface area (Å²) in [5, 5.41) is 0. The highest BCUT2D eigenvalue weighted by Gasteiger charge is 2.22. The molecule has 2 unspecified atom stereocenters. The Bertz CT molecular complexity index is 403. The topological polar surface area (TPSA) is 38.5 Å². The molecule has 0 aromatic heterocycles. The van der Waals surface area contributed by atoms with Crippen LogP contribution < -0.4 is 10.5 Å². The summed E-state index contributed by atoms with van der Waals surface area (Å²) in [7, 11) is 0. The van der Waals surface area contributed by atoms with E-state index in [9.17, 15) is 0 Å². The first-order valence-corrected chi connectivity index (χ1v) is 7.81. The van der Waals surface area contributed by atoms with Crippen LogP contribution in [0.3, 0.4) is 0 Å². The Kier molecular flexibility index (Phi) is 7.88. The Balaban J connectivity index is 0.00000200. The number of ether oxygens (including phenoxy) is 1. The van der Waals surface area contributed by atoms with E-state index in [1.807, 2.05) is 24.3 Å². The summed E-state index contributed by atoms with van der Waals surface area (Å²) in [6.45, 7) is 6.12. The summed E-state index contributed by atoms with van der Waals surface area (Å²) in [5.41, 5.74) is 6.00. The average Bonchev–Trinajstić information content (AvgIpc) is 2.39. The molecular formula is C15H24BrClN2O. The predicted molar refractivity (Wildman–Crippen MR) is 89.7 cm³/mol. The van der Waals surface area contributed by atoms with Crippen molar-refractivity contribution in [2.45, 2.75) is 25.8 Å². The molecule has 0 bridgehead atoms. The minimum atomic E-state index is 0. The molecule has 1 aromatic rings. The van der Waals surface area contributed by atoms with Gasteiger partial charge >= 0.3 is 0 Å². The lowest BCUT2D eigenvalue weighted by Gasteiger charge is -2.34. The second kappa shape index (κ2) is 8.88. The van der Waals surface area contributed by atoms with Gasteiger partial charge in [-0.05, 0) is 50.4 Å². The fraction of sp³-hybridized carbons (Fsp3) is 0.600. The summed E-state index contributed by atoms with van der Waals surface area (Å²) < 4.78 is 6.84. The van der Waals surface area contributed by atoms with E-state index in [0.29, 0.717) is 12.0 Å². The Hall–Kier alpha value is -0.290. The first-order chi connectivity index (χ1) is 9.15. The number of hydrogen-bond acceptors (Lipinski definition) is 3. The van der Waals surface area contributed by atoms with Crippen LogP contribution in [-0.2, 0) is 0 Å². The van der Waals surface area contributed by atoms with Crippen molar-refractivity contribution in [2.24, 2.45) is 11.7 Å². The molecule has 114 valence electrons. The third-order valence-electron chi connectivity index (χ3n) is 3.76. The molecule has 1 saturated heterocycles.